The Kier molecular flexibility index (Phi) is 4.72. The maximum absolute atomic E-state index is 11.6. The molecule has 0 spiro atoms. The number of rotatable bonds is 3. The van der Waals surface area contributed by atoms with Crippen LogP contribution < -0.4 is 5.32 Å². The lowest BCUT2D eigenvalue weighted by Gasteiger charge is -2.29. The van der Waals surface area contributed by atoms with E-state index < -0.39 is 6.10 Å². The van der Waals surface area contributed by atoms with Gasteiger partial charge in [-0.15, -0.1) is 0 Å². The second-order valence-electron chi connectivity index (χ2n) is 7.34. The van der Waals surface area contributed by atoms with Crippen molar-refractivity contribution in [1.82, 2.24) is 0 Å². The number of aliphatic hydroxyl groups excluding tert-OH is 1. The van der Waals surface area contributed by atoms with Gasteiger partial charge in [-0.05, 0) is 47.8 Å². The Morgan fingerprint density at radius 2 is 2.00 bits per heavy atom. The van der Waals surface area contributed by atoms with Gasteiger partial charge in [0.05, 0.1) is 6.10 Å². The molecule has 1 aromatic rings. The van der Waals surface area contributed by atoms with Crippen LogP contribution in [0.3, 0.4) is 0 Å². The van der Waals surface area contributed by atoms with Gasteiger partial charge in [-0.3, -0.25) is 4.79 Å². The number of aliphatic hydroxyl groups is 1. The summed E-state index contributed by atoms with van der Waals surface area (Å²) in [6.45, 7) is 8.80. The largest absolute Gasteiger partial charge is 0.388 e. The number of fused-ring (bicyclic) bond motifs is 1. The number of carbonyl (C=O) groups excluding carboxylic acids is 1. The Morgan fingerprint density at radius 1 is 1.29 bits per heavy atom. The van der Waals surface area contributed by atoms with Gasteiger partial charge in [0.15, 0.2) is 0 Å². The van der Waals surface area contributed by atoms with Gasteiger partial charge in [0.2, 0.25) is 5.91 Å². The first-order valence-electron chi connectivity index (χ1n) is 7.88. The average Bonchev–Trinajstić information content (AvgIpc) is 2.57. The molecule has 0 bridgehead atoms. The van der Waals surface area contributed by atoms with Gasteiger partial charge >= 0.3 is 0 Å². The van der Waals surface area contributed by atoms with Crippen molar-refractivity contribution in [1.29, 1.82) is 0 Å². The average molecular weight is 289 g/mol. The monoisotopic (exact) mass is 289 g/mol. The van der Waals surface area contributed by atoms with Crippen LogP contribution in [-0.2, 0) is 11.2 Å². The van der Waals surface area contributed by atoms with Crippen LogP contribution in [0.1, 0.15) is 64.2 Å². The maximum Gasteiger partial charge on any atom is 0.224 e. The summed E-state index contributed by atoms with van der Waals surface area (Å²) in [4.78, 5) is 11.6. The molecule has 0 saturated carbocycles. The van der Waals surface area contributed by atoms with Crippen LogP contribution in [0.5, 0.6) is 0 Å². The third kappa shape index (κ3) is 4.07. The highest BCUT2D eigenvalue weighted by Crippen LogP contribution is 2.34. The number of amides is 1. The van der Waals surface area contributed by atoms with E-state index in [1.54, 1.807) is 0 Å². The van der Waals surface area contributed by atoms with E-state index >= 15 is 0 Å². The molecule has 0 saturated heterocycles. The van der Waals surface area contributed by atoms with Crippen LogP contribution in [0, 0.1) is 11.3 Å². The molecule has 0 aliphatic carbocycles. The van der Waals surface area contributed by atoms with E-state index in [1.165, 1.54) is 0 Å². The highest BCUT2D eigenvalue weighted by atomic mass is 16.3. The summed E-state index contributed by atoms with van der Waals surface area (Å²) in [5.41, 5.74) is 3.19. The molecular weight excluding hydrogens is 262 g/mol. The summed E-state index contributed by atoms with van der Waals surface area (Å²) in [7, 11) is 0. The van der Waals surface area contributed by atoms with Crippen molar-refractivity contribution in [3.05, 3.63) is 29.3 Å². The number of anilines is 1. The number of hydrogen-bond acceptors (Lipinski definition) is 2. The van der Waals surface area contributed by atoms with Crippen LogP contribution in [0.25, 0.3) is 0 Å². The summed E-state index contributed by atoms with van der Waals surface area (Å²) < 4.78 is 0. The molecule has 2 atom stereocenters. The third-order valence-electron chi connectivity index (χ3n) is 4.69. The van der Waals surface area contributed by atoms with E-state index in [0.717, 1.165) is 36.1 Å². The summed E-state index contributed by atoms with van der Waals surface area (Å²) in [6, 6.07) is 5.92. The minimum Gasteiger partial charge on any atom is -0.388 e. The minimum atomic E-state index is -0.441. The highest BCUT2D eigenvalue weighted by Gasteiger charge is 2.24. The van der Waals surface area contributed by atoms with E-state index in [9.17, 15) is 9.90 Å². The van der Waals surface area contributed by atoms with Gasteiger partial charge in [-0.2, -0.15) is 0 Å². The second-order valence-corrected chi connectivity index (χ2v) is 7.34. The van der Waals surface area contributed by atoms with Crippen LogP contribution in [-0.4, -0.2) is 11.0 Å². The molecule has 1 amide bonds. The number of hydrogen-bond donors (Lipinski definition) is 2. The zero-order chi connectivity index (χ0) is 15.6. The summed E-state index contributed by atoms with van der Waals surface area (Å²) in [6.07, 6.45) is 2.66. The van der Waals surface area contributed by atoms with E-state index in [4.69, 9.17) is 0 Å². The first-order valence-corrected chi connectivity index (χ1v) is 7.88. The predicted molar refractivity (Wildman–Crippen MR) is 86.2 cm³/mol. The van der Waals surface area contributed by atoms with Gasteiger partial charge in [0, 0.05) is 12.1 Å². The van der Waals surface area contributed by atoms with Crippen molar-refractivity contribution in [2.45, 2.75) is 59.5 Å². The molecule has 116 valence electrons. The SMILES string of the molecule is CC(CC(O)c1ccc2c(c1)CCCC(=O)N2)C(C)(C)C. The summed E-state index contributed by atoms with van der Waals surface area (Å²) >= 11 is 0. The van der Waals surface area contributed by atoms with Crippen molar-refractivity contribution < 1.29 is 9.90 Å². The van der Waals surface area contributed by atoms with E-state index in [-0.39, 0.29) is 11.3 Å². The quantitative estimate of drug-likeness (QED) is 0.881. The van der Waals surface area contributed by atoms with Crippen molar-refractivity contribution in [3.63, 3.8) is 0 Å². The molecule has 1 heterocycles. The zero-order valence-corrected chi connectivity index (χ0v) is 13.6. The fourth-order valence-electron chi connectivity index (χ4n) is 2.63. The Labute approximate surface area is 127 Å². The molecule has 0 radical (unpaired) electrons. The Bertz CT molecular complexity index is 516. The molecule has 2 N–H and O–H groups in total. The van der Waals surface area contributed by atoms with Crippen molar-refractivity contribution in [2.75, 3.05) is 5.32 Å². The van der Waals surface area contributed by atoms with Gasteiger partial charge in [0.1, 0.15) is 0 Å². The third-order valence-corrected chi connectivity index (χ3v) is 4.69. The number of benzene rings is 1. The molecule has 1 aromatic carbocycles. The van der Waals surface area contributed by atoms with Gasteiger partial charge in [-0.25, -0.2) is 0 Å². The lowest BCUT2D eigenvalue weighted by atomic mass is 9.78. The number of carbonyl (C=O) groups is 1. The Hall–Kier alpha value is -1.35. The molecule has 2 unspecified atom stereocenters. The van der Waals surface area contributed by atoms with Crippen molar-refractivity contribution in [2.24, 2.45) is 11.3 Å². The summed E-state index contributed by atoms with van der Waals surface area (Å²) in [5, 5.41) is 13.4. The van der Waals surface area contributed by atoms with E-state index in [2.05, 4.69) is 39.1 Å². The summed E-state index contributed by atoms with van der Waals surface area (Å²) in [5.74, 6) is 0.523. The lowest BCUT2D eigenvalue weighted by molar-refractivity contribution is -0.116. The molecule has 21 heavy (non-hydrogen) atoms. The van der Waals surface area contributed by atoms with E-state index in [0.29, 0.717) is 12.3 Å². The fraction of sp³-hybridized carbons (Fsp3) is 0.611. The fourth-order valence-corrected chi connectivity index (χ4v) is 2.63. The molecule has 0 aromatic heterocycles. The molecule has 0 fully saturated rings. The van der Waals surface area contributed by atoms with Gasteiger partial charge < -0.3 is 10.4 Å². The van der Waals surface area contributed by atoms with Gasteiger partial charge in [0.25, 0.3) is 0 Å². The smallest absolute Gasteiger partial charge is 0.224 e. The standard InChI is InChI=1S/C18H27NO2/c1-12(18(2,3)4)10-16(20)14-8-9-15-13(11-14)6-5-7-17(21)19-15/h8-9,11-12,16,20H,5-7,10H2,1-4H3,(H,19,21). The van der Waals surface area contributed by atoms with Crippen molar-refractivity contribution in [3.8, 4) is 0 Å². The normalized spacial score (nSPS) is 18.4. The first kappa shape index (κ1) is 16.0. The number of aryl methyl sites for hydroxylation is 1. The molecule has 1 aliphatic rings. The minimum absolute atomic E-state index is 0.0865. The molecule has 3 heteroatoms. The zero-order valence-electron chi connectivity index (χ0n) is 13.6. The van der Waals surface area contributed by atoms with Gasteiger partial charge in [-0.1, -0.05) is 39.8 Å². The molecular formula is C18H27NO2. The Balaban J connectivity index is 2.14. The lowest BCUT2D eigenvalue weighted by Crippen LogP contribution is -2.20. The molecule has 3 nitrogen and oxygen atoms in total. The molecule has 1 aliphatic heterocycles. The highest BCUT2D eigenvalue weighted by molar-refractivity contribution is 5.92. The Morgan fingerprint density at radius 3 is 2.67 bits per heavy atom. The molecule has 2 rings (SSSR count). The van der Waals surface area contributed by atoms with Crippen LogP contribution in [0.4, 0.5) is 5.69 Å². The number of nitrogens with one attached hydrogen (secondary N) is 1. The maximum atomic E-state index is 11.6. The van der Waals surface area contributed by atoms with E-state index in [1.807, 2.05) is 12.1 Å². The first-order chi connectivity index (χ1) is 9.77. The predicted octanol–water partition coefficient (Wildman–Crippen LogP) is 4.07. The second kappa shape index (κ2) is 6.18. The van der Waals surface area contributed by atoms with Crippen LogP contribution in [0.2, 0.25) is 0 Å². The van der Waals surface area contributed by atoms with Crippen LogP contribution in [0.15, 0.2) is 18.2 Å². The van der Waals surface area contributed by atoms with Crippen molar-refractivity contribution >= 4 is 11.6 Å². The van der Waals surface area contributed by atoms with Crippen LogP contribution >= 0.6 is 0 Å². The topological polar surface area (TPSA) is 49.3 Å².